The summed E-state index contributed by atoms with van der Waals surface area (Å²) in [5, 5.41) is 7.60. The van der Waals surface area contributed by atoms with Crippen LogP contribution in [0.4, 0.5) is 0 Å². The van der Waals surface area contributed by atoms with Crippen molar-refractivity contribution in [2.75, 3.05) is 0 Å². The van der Waals surface area contributed by atoms with Crippen LogP contribution in [-0.4, -0.2) is 16.6 Å². The Morgan fingerprint density at radius 1 is 1.75 bits per heavy atom. The number of rotatable bonds is 1. The molecule has 0 aromatic carbocycles. The molecule has 0 bridgehead atoms. The van der Waals surface area contributed by atoms with Crippen molar-refractivity contribution in [3.05, 3.63) is 12.7 Å². The fraction of sp³-hybridized carbons (Fsp3) is 0. The number of aliphatic carboxylic acids is 1. The quantitative estimate of drug-likeness (QED) is 0.301. The van der Waals surface area contributed by atoms with Crippen LogP contribution in [-0.2, 0) is 4.79 Å². The summed E-state index contributed by atoms with van der Waals surface area (Å²) in [5.74, 6) is -0.981. The zero-order valence-corrected chi connectivity index (χ0v) is 10.3. The molecule has 0 aliphatic rings. The molecule has 3 nitrogen and oxygen atoms in total. The fourth-order valence-electron chi connectivity index (χ4n) is 0. The molecule has 5 heteroatoms. The molecule has 0 aromatic rings. The average Bonchev–Trinajstić information content (AvgIpc) is 1.38. The first kappa shape index (κ1) is 22.6. The van der Waals surface area contributed by atoms with Crippen molar-refractivity contribution in [1.29, 1.82) is 0 Å². The minimum Gasteiger partial charge on any atom is -1.00 e. The molecule has 0 atom stereocenters. The summed E-state index contributed by atoms with van der Waals surface area (Å²) < 4.78 is 0. The minimum absolute atomic E-state index is 0. The van der Waals surface area contributed by atoms with Crippen molar-refractivity contribution in [3.63, 3.8) is 0 Å². The van der Waals surface area contributed by atoms with Gasteiger partial charge < -0.3 is 13.4 Å². The van der Waals surface area contributed by atoms with E-state index in [-0.39, 0.29) is 89.3 Å². The molecule has 40 valence electrons. The molecule has 0 saturated carbocycles. The predicted molar refractivity (Wildman–Crippen MR) is 23.7 cm³/mol. The van der Waals surface area contributed by atoms with Gasteiger partial charge in [0, 0.05) is 6.08 Å². The first-order chi connectivity index (χ1) is 2.27. The van der Waals surface area contributed by atoms with Crippen molar-refractivity contribution < 1.29 is 99.2 Å². The fourth-order valence-corrected chi connectivity index (χ4v) is 0. The first-order valence-corrected chi connectivity index (χ1v) is 1.12. The third-order valence-electron chi connectivity index (χ3n) is 0.175. The van der Waals surface area contributed by atoms with Crippen molar-refractivity contribution in [3.8, 4) is 0 Å². The van der Waals surface area contributed by atoms with Gasteiger partial charge in [0.2, 0.25) is 0 Å². The predicted octanol–water partition coefficient (Wildman–Crippen LogP) is -6.33. The van der Waals surface area contributed by atoms with E-state index in [1.165, 1.54) is 0 Å². The van der Waals surface area contributed by atoms with Crippen LogP contribution >= 0.6 is 0 Å². The van der Waals surface area contributed by atoms with Crippen LogP contribution in [0.1, 0.15) is 2.85 Å². The molecule has 0 heterocycles. The smallest absolute Gasteiger partial charge is 1.00 e. The SMILES string of the molecule is C=CC(=O)O.O.[H-].[H-].[K+].[Na+]. The molecular weight excluding hydrogens is 146 g/mol. The van der Waals surface area contributed by atoms with Gasteiger partial charge in [-0.25, -0.2) is 4.79 Å². The summed E-state index contributed by atoms with van der Waals surface area (Å²) >= 11 is 0. The number of carboxylic acid groups (broad SMARTS) is 1. The molecule has 3 N–H and O–H groups in total. The van der Waals surface area contributed by atoms with E-state index in [1.54, 1.807) is 0 Å². The van der Waals surface area contributed by atoms with E-state index < -0.39 is 5.97 Å². The molecule has 0 amide bonds. The second-order valence-electron chi connectivity index (χ2n) is 0.542. The summed E-state index contributed by atoms with van der Waals surface area (Å²) in [6.45, 7) is 2.96. The van der Waals surface area contributed by atoms with E-state index >= 15 is 0 Å². The maximum absolute atomic E-state index is 9.25. The van der Waals surface area contributed by atoms with Crippen LogP contribution in [0, 0.1) is 0 Å². The maximum Gasteiger partial charge on any atom is 1.00 e. The summed E-state index contributed by atoms with van der Waals surface area (Å²) in [4.78, 5) is 9.25. The van der Waals surface area contributed by atoms with Gasteiger partial charge in [-0.2, -0.15) is 0 Å². The second kappa shape index (κ2) is 15.9. The van der Waals surface area contributed by atoms with Crippen LogP contribution in [0.15, 0.2) is 12.7 Å². The van der Waals surface area contributed by atoms with Crippen LogP contribution in [0.3, 0.4) is 0 Å². The van der Waals surface area contributed by atoms with Crippen molar-refractivity contribution in [1.82, 2.24) is 0 Å². The van der Waals surface area contributed by atoms with Gasteiger partial charge in [-0.05, 0) is 0 Å². The monoisotopic (exact) mass is 154 g/mol. The van der Waals surface area contributed by atoms with Crippen molar-refractivity contribution in [2.45, 2.75) is 0 Å². The van der Waals surface area contributed by atoms with Gasteiger partial charge in [0.1, 0.15) is 0 Å². The van der Waals surface area contributed by atoms with Gasteiger partial charge in [0.05, 0.1) is 0 Å². The van der Waals surface area contributed by atoms with Gasteiger partial charge in [-0.15, -0.1) is 0 Å². The molecule has 0 aromatic heterocycles. The molecule has 0 rings (SSSR count). The Balaban J connectivity index is -0.00000000800. The molecular formula is C3H8KNaO3. The standard InChI is InChI=1S/C3H4O2.K.Na.H2O.2H/c1-2-3(4)5;;;;;/h2H,1H2,(H,4,5);;;1H2;;/q;2*+1;;2*-1. The molecule has 0 saturated heterocycles. The van der Waals surface area contributed by atoms with E-state index in [9.17, 15) is 4.79 Å². The van der Waals surface area contributed by atoms with Gasteiger partial charge >= 0.3 is 86.9 Å². The number of hydrogen-bond donors (Lipinski definition) is 1. The Morgan fingerprint density at radius 2 is 1.88 bits per heavy atom. The minimum atomic E-state index is -0.981. The number of carbonyl (C=O) groups is 1. The van der Waals surface area contributed by atoms with Gasteiger partial charge in [0.25, 0.3) is 0 Å². The molecule has 0 radical (unpaired) electrons. The zero-order valence-electron chi connectivity index (χ0n) is 7.14. The van der Waals surface area contributed by atoms with Crippen molar-refractivity contribution in [2.24, 2.45) is 0 Å². The number of carboxylic acids is 1. The van der Waals surface area contributed by atoms with E-state index in [0.717, 1.165) is 6.08 Å². The topological polar surface area (TPSA) is 68.8 Å². The van der Waals surface area contributed by atoms with Crippen LogP contribution in [0.25, 0.3) is 0 Å². The Labute approximate surface area is 116 Å². The van der Waals surface area contributed by atoms with E-state index in [2.05, 4.69) is 6.58 Å². The van der Waals surface area contributed by atoms with Gasteiger partial charge in [-0.3, -0.25) is 0 Å². The van der Waals surface area contributed by atoms with Crippen LogP contribution in [0.2, 0.25) is 0 Å². The molecule has 8 heavy (non-hydrogen) atoms. The summed E-state index contributed by atoms with van der Waals surface area (Å²) in [5.41, 5.74) is 0. The third kappa shape index (κ3) is 25.0. The first-order valence-electron chi connectivity index (χ1n) is 1.12. The summed E-state index contributed by atoms with van der Waals surface area (Å²) in [7, 11) is 0. The Morgan fingerprint density at radius 3 is 1.88 bits per heavy atom. The molecule has 0 spiro atoms. The Hall–Kier alpha value is 1.81. The number of hydrogen-bond acceptors (Lipinski definition) is 1. The maximum atomic E-state index is 9.25. The Bertz CT molecular complexity index is 72.8. The molecule has 0 fully saturated rings. The van der Waals surface area contributed by atoms with Gasteiger partial charge in [0.15, 0.2) is 0 Å². The summed E-state index contributed by atoms with van der Waals surface area (Å²) in [6.07, 6.45) is 0.833. The zero-order chi connectivity index (χ0) is 4.28. The molecule has 0 aliphatic heterocycles. The van der Waals surface area contributed by atoms with Crippen molar-refractivity contribution >= 4 is 5.97 Å². The normalized spacial score (nSPS) is 4.00. The van der Waals surface area contributed by atoms with Gasteiger partial charge in [-0.1, -0.05) is 6.58 Å². The van der Waals surface area contributed by atoms with Crippen LogP contribution in [0.5, 0.6) is 0 Å². The van der Waals surface area contributed by atoms with E-state index in [0.29, 0.717) is 0 Å². The molecule has 0 unspecified atom stereocenters. The molecule has 0 aliphatic carbocycles. The van der Waals surface area contributed by atoms with E-state index in [1.807, 2.05) is 0 Å². The largest absolute Gasteiger partial charge is 1.00 e. The van der Waals surface area contributed by atoms with Crippen LogP contribution < -0.4 is 80.9 Å². The average molecular weight is 154 g/mol. The Kier molecular flexibility index (Phi) is 44.9. The summed E-state index contributed by atoms with van der Waals surface area (Å²) in [6, 6.07) is 0. The van der Waals surface area contributed by atoms with E-state index in [4.69, 9.17) is 5.11 Å². The third-order valence-corrected chi connectivity index (χ3v) is 0.175. The second-order valence-corrected chi connectivity index (χ2v) is 0.542.